The van der Waals surface area contributed by atoms with Gasteiger partial charge in [0.1, 0.15) is 6.54 Å². The highest BCUT2D eigenvalue weighted by Crippen LogP contribution is 2.07. The summed E-state index contributed by atoms with van der Waals surface area (Å²) in [5.74, 6) is -2.73. The van der Waals surface area contributed by atoms with Crippen LogP contribution >= 0.6 is 0 Å². The highest BCUT2D eigenvalue weighted by atomic mass is 16.5. The van der Waals surface area contributed by atoms with Crippen molar-refractivity contribution in [1.82, 2.24) is 0 Å². The van der Waals surface area contributed by atoms with Crippen molar-refractivity contribution < 1.29 is 38.9 Å². The van der Waals surface area contributed by atoms with Crippen LogP contribution in [0.3, 0.4) is 0 Å². The summed E-state index contributed by atoms with van der Waals surface area (Å²) in [5, 5.41) is 26.9. The van der Waals surface area contributed by atoms with E-state index in [4.69, 9.17) is 14.9 Å². The van der Waals surface area contributed by atoms with Crippen molar-refractivity contribution in [3.05, 3.63) is 12.2 Å². The molecule has 0 rings (SSSR count). The molecule has 2 atom stereocenters. The largest absolute Gasteiger partial charge is 0.481 e. The molecule has 0 aromatic rings. The van der Waals surface area contributed by atoms with E-state index in [0.29, 0.717) is 11.0 Å². The van der Waals surface area contributed by atoms with Crippen molar-refractivity contribution in [3.63, 3.8) is 0 Å². The predicted molar refractivity (Wildman–Crippen MR) is 81.7 cm³/mol. The average Bonchev–Trinajstić information content (AvgIpc) is 2.33. The Labute approximate surface area is 135 Å². The van der Waals surface area contributed by atoms with Gasteiger partial charge in [0, 0.05) is 12.5 Å². The molecule has 0 amide bonds. The average molecular weight is 332 g/mol. The lowest BCUT2D eigenvalue weighted by molar-refractivity contribution is -0.873. The van der Waals surface area contributed by atoms with Gasteiger partial charge in [-0.3, -0.25) is 9.59 Å². The molecule has 0 aliphatic rings. The molecule has 0 aliphatic carbocycles. The molecule has 23 heavy (non-hydrogen) atoms. The molecule has 8 nitrogen and oxygen atoms in total. The third-order valence-electron chi connectivity index (χ3n) is 2.79. The van der Waals surface area contributed by atoms with Crippen molar-refractivity contribution in [1.29, 1.82) is 0 Å². The summed E-state index contributed by atoms with van der Waals surface area (Å²) in [7, 11) is 5.58. The van der Waals surface area contributed by atoms with E-state index < -0.39 is 30.1 Å². The molecule has 0 fully saturated rings. The summed E-state index contributed by atoms with van der Waals surface area (Å²) in [6.45, 7) is 0.354. The Bertz CT molecular complexity index is 440. The van der Waals surface area contributed by atoms with Crippen LogP contribution in [-0.2, 0) is 19.1 Å². The Morgan fingerprint density at radius 3 is 2.22 bits per heavy atom. The Hall–Kier alpha value is -1.93. The summed E-state index contributed by atoms with van der Waals surface area (Å²) in [6, 6.07) is 0. The fourth-order valence-corrected chi connectivity index (χ4v) is 1.88. The van der Waals surface area contributed by atoms with Crippen LogP contribution in [0.5, 0.6) is 0 Å². The number of aliphatic hydroxyl groups is 1. The van der Waals surface area contributed by atoms with Gasteiger partial charge in [-0.2, -0.15) is 0 Å². The van der Waals surface area contributed by atoms with Crippen molar-refractivity contribution >= 4 is 17.9 Å². The minimum absolute atomic E-state index is 0.0951. The van der Waals surface area contributed by atoms with Gasteiger partial charge in [-0.15, -0.1) is 0 Å². The standard InChI is InChI=1S/C15H25NO7/c1-16(2,3)10-12(9-14(20)21)23-15(22)6-4-5-11(17)7-8-13(18)19/h4,6,11-12,17H,5,7-10H2,1-3H3,(H-,18,19,20,21)/p+1/b6-4+. The number of carbonyl (C=O) groups excluding carboxylic acids is 1. The number of carbonyl (C=O) groups is 3. The number of nitrogens with zero attached hydrogens (tertiary/aromatic N) is 1. The van der Waals surface area contributed by atoms with E-state index in [9.17, 15) is 19.5 Å². The van der Waals surface area contributed by atoms with E-state index in [1.165, 1.54) is 6.08 Å². The third-order valence-corrected chi connectivity index (χ3v) is 2.79. The predicted octanol–water partition coefficient (Wildman–Crippen LogP) is 0.251. The molecule has 132 valence electrons. The van der Waals surface area contributed by atoms with Crippen LogP contribution in [0.1, 0.15) is 25.7 Å². The molecule has 0 aliphatic heterocycles. The molecule has 3 N–H and O–H groups in total. The molecule has 0 heterocycles. The van der Waals surface area contributed by atoms with Gasteiger partial charge in [0.15, 0.2) is 6.10 Å². The second-order valence-corrected chi connectivity index (χ2v) is 6.35. The summed E-state index contributed by atoms with van der Waals surface area (Å²) in [5.41, 5.74) is 0. The Balaban J connectivity index is 4.37. The summed E-state index contributed by atoms with van der Waals surface area (Å²) < 4.78 is 5.57. The topological polar surface area (TPSA) is 121 Å². The number of hydrogen-bond donors (Lipinski definition) is 3. The fraction of sp³-hybridized carbons (Fsp3) is 0.667. The molecular formula is C15H26NO7+. The lowest BCUT2D eigenvalue weighted by Crippen LogP contribution is -2.43. The van der Waals surface area contributed by atoms with Crippen LogP contribution < -0.4 is 0 Å². The maximum absolute atomic E-state index is 11.7. The number of rotatable bonds is 11. The molecule has 0 radical (unpaired) electrons. The van der Waals surface area contributed by atoms with E-state index in [-0.39, 0.29) is 25.7 Å². The van der Waals surface area contributed by atoms with Crippen LogP contribution in [0.4, 0.5) is 0 Å². The van der Waals surface area contributed by atoms with Gasteiger partial charge in [0.05, 0.1) is 33.7 Å². The van der Waals surface area contributed by atoms with Crippen molar-refractivity contribution in [2.45, 2.75) is 37.9 Å². The van der Waals surface area contributed by atoms with Crippen LogP contribution in [0.25, 0.3) is 0 Å². The molecule has 0 saturated carbocycles. The maximum Gasteiger partial charge on any atom is 0.330 e. The Morgan fingerprint density at radius 2 is 1.74 bits per heavy atom. The second kappa shape index (κ2) is 9.96. The van der Waals surface area contributed by atoms with Crippen LogP contribution in [0.15, 0.2) is 12.2 Å². The van der Waals surface area contributed by atoms with E-state index in [1.54, 1.807) is 0 Å². The van der Waals surface area contributed by atoms with Gasteiger partial charge in [0.25, 0.3) is 0 Å². The maximum atomic E-state index is 11.7. The molecule has 0 aromatic carbocycles. The first-order chi connectivity index (χ1) is 10.5. The van der Waals surface area contributed by atoms with Crippen molar-refractivity contribution in [2.24, 2.45) is 0 Å². The lowest BCUT2D eigenvalue weighted by atomic mass is 10.1. The number of carboxylic acids is 2. The van der Waals surface area contributed by atoms with E-state index in [2.05, 4.69) is 0 Å². The first kappa shape index (κ1) is 21.1. The molecular weight excluding hydrogens is 306 g/mol. The van der Waals surface area contributed by atoms with Crippen LogP contribution in [0, 0.1) is 0 Å². The van der Waals surface area contributed by atoms with Gasteiger partial charge in [-0.05, 0) is 12.8 Å². The van der Waals surface area contributed by atoms with Gasteiger partial charge in [-0.25, -0.2) is 4.79 Å². The van der Waals surface area contributed by atoms with Crippen molar-refractivity contribution in [2.75, 3.05) is 27.7 Å². The van der Waals surface area contributed by atoms with Crippen molar-refractivity contribution in [3.8, 4) is 0 Å². The number of carboxylic acid groups (broad SMARTS) is 2. The van der Waals surface area contributed by atoms with Gasteiger partial charge < -0.3 is 24.5 Å². The first-order valence-corrected chi connectivity index (χ1v) is 7.29. The number of ether oxygens (including phenoxy) is 1. The fourth-order valence-electron chi connectivity index (χ4n) is 1.88. The smallest absolute Gasteiger partial charge is 0.330 e. The lowest BCUT2D eigenvalue weighted by Gasteiger charge is -2.28. The molecule has 0 aromatic heterocycles. The summed E-state index contributed by atoms with van der Waals surface area (Å²) >= 11 is 0. The third kappa shape index (κ3) is 13.5. The molecule has 0 spiro atoms. The van der Waals surface area contributed by atoms with Gasteiger partial charge in [-0.1, -0.05) is 6.08 Å². The molecule has 0 saturated heterocycles. The summed E-state index contributed by atoms with van der Waals surface area (Å²) in [4.78, 5) is 32.9. The van der Waals surface area contributed by atoms with E-state index in [0.717, 1.165) is 6.08 Å². The zero-order valence-electron chi connectivity index (χ0n) is 13.8. The highest BCUT2D eigenvalue weighted by Gasteiger charge is 2.24. The first-order valence-electron chi connectivity index (χ1n) is 7.29. The van der Waals surface area contributed by atoms with Crippen LogP contribution in [-0.4, -0.2) is 77.6 Å². The number of likely N-dealkylation sites (N-methyl/N-ethyl adjacent to an activating group) is 1. The van der Waals surface area contributed by atoms with Crippen LogP contribution in [0.2, 0.25) is 0 Å². The zero-order chi connectivity index (χ0) is 18.0. The second-order valence-electron chi connectivity index (χ2n) is 6.35. The molecule has 8 heteroatoms. The SMILES string of the molecule is C[N+](C)(C)CC(CC(=O)O)OC(=O)/C=C/CC(O)CCC(=O)O. The Kier molecular flexibility index (Phi) is 9.12. The van der Waals surface area contributed by atoms with E-state index in [1.807, 2.05) is 21.1 Å². The quantitative estimate of drug-likeness (QED) is 0.282. The van der Waals surface area contributed by atoms with Gasteiger partial charge in [0.2, 0.25) is 0 Å². The number of aliphatic carboxylic acids is 2. The number of quaternary nitrogens is 1. The van der Waals surface area contributed by atoms with Gasteiger partial charge >= 0.3 is 17.9 Å². The number of hydrogen-bond acceptors (Lipinski definition) is 5. The molecule has 2 unspecified atom stereocenters. The minimum Gasteiger partial charge on any atom is -0.481 e. The monoisotopic (exact) mass is 332 g/mol. The minimum atomic E-state index is -1.05. The number of aliphatic hydroxyl groups excluding tert-OH is 1. The Morgan fingerprint density at radius 1 is 1.13 bits per heavy atom. The van der Waals surface area contributed by atoms with E-state index >= 15 is 0 Å². The summed E-state index contributed by atoms with van der Waals surface area (Å²) in [6.07, 6.45) is 0.699. The number of esters is 1. The molecule has 0 bridgehead atoms. The normalized spacial score (nSPS) is 14.4. The zero-order valence-corrected chi connectivity index (χ0v) is 13.8. The highest BCUT2D eigenvalue weighted by molar-refractivity contribution is 5.82.